The Morgan fingerprint density at radius 3 is 2.87 bits per heavy atom. The van der Waals surface area contributed by atoms with Crippen LogP contribution in [-0.4, -0.2) is 22.2 Å². The van der Waals surface area contributed by atoms with Crippen molar-refractivity contribution in [2.24, 2.45) is 5.41 Å². The third-order valence-corrected chi connectivity index (χ3v) is 3.94. The molecule has 3 nitrogen and oxygen atoms in total. The zero-order valence-electron chi connectivity index (χ0n) is 8.87. The summed E-state index contributed by atoms with van der Waals surface area (Å²) in [6.07, 6.45) is 2.34. The fourth-order valence-electron chi connectivity index (χ4n) is 1.83. The topological polar surface area (TPSA) is 45.1 Å². The monoisotopic (exact) mass is 270 g/mol. The lowest BCUT2D eigenvalue weighted by molar-refractivity contribution is -0.0510. The van der Waals surface area contributed by atoms with Gasteiger partial charge in [0.2, 0.25) is 0 Å². The van der Waals surface area contributed by atoms with E-state index in [1.807, 2.05) is 12.1 Å². The number of halogens is 1. The maximum absolute atomic E-state index is 9.63. The Hall–Kier alpha value is -0.610. The predicted molar refractivity (Wildman–Crippen MR) is 63.8 cm³/mol. The van der Waals surface area contributed by atoms with E-state index in [0.29, 0.717) is 6.04 Å². The number of aromatic nitrogens is 1. The maximum atomic E-state index is 9.63. The molecule has 2 N–H and O–H groups in total. The molecule has 0 amide bonds. The molecule has 0 aliphatic heterocycles. The van der Waals surface area contributed by atoms with Crippen LogP contribution in [0, 0.1) is 5.41 Å². The number of aliphatic hydroxyl groups excluding tert-OH is 1. The highest BCUT2D eigenvalue weighted by molar-refractivity contribution is 9.10. The molecule has 15 heavy (non-hydrogen) atoms. The van der Waals surface area contributed by atoms with E-state index < -0.39 is 0 Å². The van der Waals surface area contributed by atoms with Gasteiger partial charge in [-0.3, -0.25) is 0 Å². The lowest BCUT2D eigenvalue weighted by Gasteiger charge is -2.49. The van der Waals surface area contributed by atoms with E-state index in [-0.39, 0.29) is 11.5 Å². The molecular formula is C11H15BrN2O. The van der Waals surface area contributed by atoms with E-state index >= 15 is 0 Å². The minimum absolute atomic E-state index is 0.0602. The van der Waals surface area contributed by atoms with Gasteiger partial charge in [-0.1, -0.05) is 13.8 Å². The van der Waals surface area contributed by atoms with Gasteiger partial charge in [-0.2, -0.15) is 0 Å². The van der Waals surface area contributed by atoms with E-state index in [0.717, 1.165) is 16.7 Å². The average molecular weight is 271 g/mol. The highest BCUT2D eigenvalue weighted by Gasteiger charge is 2.47. The van der Waals surface area contributed by atoms with Gasteiger partial charge < -0.3 is 10.4 Å². The molecule has 82 valence electrons. The Morgan fingerprint density at radius 1 is 1.60 bits per heavy atom. The zero-order chi connectivity index (χ0) is 11.1. The molecule has 1 heterocycles. The molecule has 1 saturated carbocycles. The van der Waals surface area contributed by atoms with Crippen LogP contribution in [0.25, 0.3) is 0 Å². The van der Waals surface area contributed by atoms with Gasteiger partial charge in [0.15, 0.2) is 0 Å². The zero-order valence-corrected chi connectivity index (χ0v) is 10.5. The van der Waals surface area contributed by atoms with Gasteiger partial charge in [0, 0.05) is 17.7 Å². The average Bonchev–Trinajstić information content (AvgIpc) is 2.20. The van der Waals surface area contributed by atoms with Crippen LogP contribution in [-0.2, 0) is 0 Å². The van der Waals surface area contributed by atoms with Crippen LogP contribution in [0.15, 0.2) is 22.9 Å². The highest BCUT2D eigenvalue weighted by atomic mass is 79.9. The molecule has 2 rings (SSSR count). The number of hydrogen-bond donors (Lipinski definition) is 2. The molecule has 1 aliphatic carbocycles. The van der Waals surface area contributed by atoms with Gasteiger partial charge in [0.1, 0.15) is 4.60 Å². The standard InChI is InChI=1S/C11H15BrN2O/c1-11(2)8(6-9(11)15)14-7-4-3-5-13-10(7)12/h3-5,8-9,14-15H,6H2,1-2H3. The highest BCUT2D eigenvalue weighted by Crippen LogP contribution is 2.42. The molecule has 4 heteroatoms. The summed E-state index contributed by atoms with van der Waals surface area (Å²) in [5.41, 5.74) is 0.928. The van der Waals surface area contributed by atoms with Crippen molar-refractivity contribution in [1.82, 2.24) is 4.98 Å². The SMILES string of the molecule is CC1(C)C(O)CC1Nc1cccnc1Br. The van der Waals surface area contributed by atoms with Crippen molar-refractivity contribution in [3.05, 3.63) is 22.9 Å². The number of pyridine rings is 1. The van der Waals surface area contributed by atoms with Crippen molar-refractivity contribution in [3.63, 3.8) is 0 Å². The molecule has 0 spiro atoms. The molecular weight excluding hydrogens is 256 g/mol. The van der Waals surface area contributed by atoms with Crippen molar-refractivity contribution in [2.75, 3.05) is 5.32 Å². The Kier molecular flexibility index (Phi) is 2.73. The maximum Gasteiger partial charge on any atom is 0.129 e. The molecule has 0 saturated heterocycles. The first kappa shape index (κ1) is 10.9. The molecule has 0 radical (unpaired) electrons. The van der Waals surface area contributed by atoms with Gasteiger partial charge in [-0.05, 0) is 34.5 Å². The number of nitrogens with one attached hydrogen (secondary N) is 1. The van der Waals surface area contributed by atoms with Crippen LogP contribution in [0.4, 0.5) is 5.69 Å². The van der Waals surface area contributed by atoms with Crippen LogP contribution in [0.5, 0.6) is 0 Å². The van der Waals surface area contributed by atoms with Crippen LogP contribution in [0.2, 0.25) is 0 Å². The molecule has 0 bridgehead atoms. The number of aliphatic hydroxyl groups is 1. The van der Waals surface area contributed by atoms with Crippen molar-refractivity contribution >= 4 is 21.6 Å². The molecule has 1 aromatic rings. The van der Waals surface area contributed by atoms with Gasteiger partial charge in [0.25, 0.3) is 0 Å². The minimum Gasteiger partial charge on any atom is -0.392 e. The summed E-state index contributed by atoms with van der Waals surface area (Å²) in [5.74, 6) is 0. The molecule has 1 aliphatic rings. The normalized spacial score (nSPS) is 28.3. The Morgan fingerprint density at radius 2 is 2.33 bits per heavy atom. The summed E-state index contributed by atoms with van der Waals surface area (Å²) in [5, 5.41) is 13.0. The Bertz CT molecular complexity index is 367. The van der Waals surface area contributed by atoms with Crippen molar-refractivity contribution in [1.29, 1.82) is 0 Å². The van der Waals surface area contributed by atoms with E-state index in [9.17, 15) is 5.11 Å². The molecule has 2 atom stereocenters. The molecule has 1 fully saturated rings. The van der Waals surface area contributed by atoms with Crippen molar-refractivity contribution in [2.45, 2.75) is 32.4 Å². The second-order valence-corrected chi connectivity index (χ2v) is 5.36. The first-order valence-corrected chi connectivity index (χ1v) is 5.86. The summed E-state index contributed by atoms with van der Waals surface area (Å²) in [4.78, 5) is 4.15. The summed E-state index contributed by atoms with van der Waals surface area (Å²) in [7, 11) is 0. The van der Waals surface area contributed by atoms with Crippen LogP contribution in [0.1, 0.15) is 20.3 Å². The van der Waals surface area contributed by atoms with E-state index in [1.165, 1.54) is 0 Å². The fourth-order valence-corrected chi connectivity index (χ4v) is 2.19. The lowest BCUT2D eigenvalue weighted by Crippen LogP contribution is -2.56. The number of hydrogen-bond acceptors (Lipinski definition) is 3. The summed E-state index contributed by atoms with van der Waals surface area (Å²) < 4.78 is 0.821. The lowest BCUT2D eigenvalue weighted by atomic mass is 9.64. The number of anilines is 1. The Balaban J connectivity index is 2.08. The van der Waals surface area contributed by atoms with Gasteiger partial charge in [-0.15, -0.1) is 0 Å². The Labute approximate surface area is 98.0 Å². The molecule has 1 aromatic heterocycles. The van der Waals surface area contributed by atoms with Crippen molar-refractivity contribution in [3.8, 4) is 0 Å². The third kappa shape index (κ3) is 1.88. The third-order valence-electron chi connectivity index (χ3n) is 3.30. The van der Waals surface area contributed by atoms with Gasteiger partial charge >= 0.3 is 0 Å². The largest absolute Gasteiger partial charge is 0.392 e. The smallest absolute Gasteiger partial charge is 0.129 e. The van der Waals surface area contributed by atoms with E-state index in [1.54, 1.807) is 6.20 Å². The summed E-state index contributed by atoms with van der Waals surface area (Å²) in [6, 6.07) is 4.19. The summed E-state index contributed by atoms with van der Waals surface area (Å²) >= 11 is 3.39. The van der Waals surface area contributed by atoms with Gasteiger partial charge in [0.05, 0.1) is 11.8 Å². The van der Waals surface area contributed by atoms with E-state index in [4.69, 9.17) is 0 Å². The van der Waals surface area contributed by atoms with E-state index in [2.05, 4.69) is 40.1 Å². The second kappa shape index (κ2) is 3.76. The first-order chi connectivity index (χ1) is 7.01. The first-order valence-electron chi connectivity index (χ1n) is 5.07. The van der Waals surface area contributed by atoms with Crippen LogP contribution >= 0.6 is 15.9 Å². The molecule has 0 aromatic carbocycles. The molecule has 2 unspecified atom stereocenters. The predicted octanol–water partition coefficient (Wildman–Crippen LogP) is 2.42. The van der Waals surface area contributed by atoms with Gasteiger partial charge in [-0.25, -0.2) is 4.98 Å². The number of rotatable bonds is 2. The van der Waals surface area contributed by atoms with Crippen LogP contribution in [0.3, 0.4) is 0 Å². The minimum atomic E-state index is -0.203. The number of nitrogens with zero attached hydrogens (tertiary/aromatic N) is 1. The summed E-state index contributed by atoms with van der Waals surface area (Å²) in [6.45, 7) is 4.15. The quantitative estimate of drug-likeness (QED) is 0.812. The fraction of sp³-hybridized carbons (Fsp3) is 0.545. The van der Waals surface area contributed by atoms with Crippen molar-refractivity contribution < 1.29 is 5.11 Å². The van der Waals surface area contributed by atoms with Crippen LogP contribution < -0.4 is 5.32 Å². The second-order valence-electron chi connectivity index (χ2n) is 4.61.